The molecule has 1 amide bonds. The number of nitrogens with one attached hydrogen (secondary N) is 1. The molecule has 1 aliphatic heterocycles. The SMILES string of the molecule is CCCC(=O)N1c2ccccc2-c2c(=O)[nH]c(SC)n[n+]2[C@H]1c1cccc(Br)c1. The molecule has 0 unspecified atom stereocenters. The van der Waals surface area contributed by atoms with Crippen molar-refractivity contribution in [1.29, 1.82) is 0 Å². The second-order valence-electron chi connectivity index (χ2n) is 6.72. The number of aromatic nitrogens is 3. The number of halogens is 1. The van der Waals surface area contributed by atoms with E-state index in [4.69, 9.17) is 0 Å². The van der Waals surface area contributed by atoms with Crippen LogP contribution < -0.4 is 15.1 Å². The van der Waals surface area contributed by atoms with Gasteiger partial charge in [0.2, 0.25) is 11.1 Å². The van der Waals surface area contributed by atoms with Crippen LogP contribution in [0.4, 0.5) is 5.69 Å². The molecule has 148 valence electrons. The topological polar surface area (TPSA) is 69.9 Å². The van der Waals surface area contributed by atoms with Crippen LogP contribution >= 0.6 is 27.7 Å². The lowest BCUT2D eigenvalue weighted by Crippen LogP contribution is -2.60. The van der Waals surface area contributed by atoms with Crippen LogP contribution in [0.15, 0.2) is 63.0 Å². The van der Waals surface area contributed by atoms with E-state index in [9.17, 15) is 9.59 Å². The Balaban J connectivity index is 2.07. The zero-order chi connectivity index (χ0) is 20.5. The van der Waals surface area contributed by atoms with Crippen LogP contribution in [-0.4, -0.2) is 22.2 Å². The molecule has 8 heteroatoms. The fourth-order valence-corrected chi connectivity index (χ4v) is 4.42. The number of fused-ring (bicyclic) bond motifs is 3. The number of H-pyrrole nitrogens is 1. The Morgan fingerprint density at radius 2 is 2.07 bits per heavy atom. The molecular formula is C21H20BrN4O2S+. The van der Waals surface area contributed by atoms with E-state index in [2.05, 4.69) is 26.0 Å². The molecule has 1 atom stereocenters. The van der Waals surface area contributed by atoms with Gasteiger partial charge in [0.25, 0.3) is 6.17 Å². The Hall–Kier alpha value is -2.45. The Morgan fingerprint density at radius 3 is 2.79 bits per heavy atom. The highest BCUT2D eigenvalue weighted by Crippen LogP contribution is 2.38. The predicted octanol–water partition coefficient (Wildman–Crippen LogP) is 3.90. The maximum Gasteiger partial charge on any atom is 0.325 e. The molecule has 0 bridgehead atoms. The van der Waals surface area contributed by atoms with E-state index in [1.54, 1.807) is 9.58 Å². The Kier molecular flexibility index (Phi) is 5.56. The van der Waals surface area contributed by atoms with Gasteiger partial charge in [-0.05, 0) is 41.6 Å². The van der Waals surface area contributed by atoms with Crippen LogP contribution in [0.2, 0.25) is 0 Å². The van der Waals surface area contributed by atoms with Crippen LogP contribution in [0.3, 0.4) is 0 Å². The summed E-state index contributed by atoms with van der Waals surface area (Å²) in [4.78, 5) is 30.9. The molecule has 1 aliphatic rings. The molecule has 1 N–H and O–H groups in total. The first kappa shape index (κ1) is 19.8. The summed E-state index contributed by atoms with van der Waals surface area (Å²) in [6, 6.07) is 15.3. The van der Waals surface area contributed by atoms with Gasteiger partial charge >= 0.3 is 11.3 Å². The van der Waals surface area contributed by atoms with Gasteiger partial charge in [0.15, 0.2) is 0 Å². The summed E-state index contributed by atoms with van der Waals surface area (Å²) in [6.07, 6.45) is 2.45. The van der Waals surface area contributed by atoms with Gasteiger partial charge in [-0.2, -0.15) is 0 Å². The largest absolute Gasteiger partial charge is 0.325 e. The second-order valence-corrected chi connectivity index (χ2v) is 8.43. The lowest BCUT2D eigenvalue weighted by atomic mass is 10.0. The zero-order valence-corrected chi connectivity index (χ0v) is 18.5. The minimum absolute atomic E-state index is 0.00383. The highest BCUT2D eigenvalue weighted by atomic mass is 79.9. The van der Waals surface area contributed by atoms with Gasteiger partial charge in [-0.3, -0.25) is 14.6 Å². The summed E-state index contributed by atoms with van der Waals surface area (Å²) in [5.41, 5.74) is 2.52. The number of hydrogen-bond donors (Lipinski definition) is 1. The van der Waals surface area contributed by atoms with E-state index in [-0.39, 0.29) is 11.5 Å². The third kappa shape index (κ3) is 3.51. The number of amides is 1. The van der Waals surface area contributed by atoms with Crippen molar-refractivity contribution in [3.05, 3.63) is 68.9 Å². The molecule has 0 fully saturated rings. The molecular weight excluding hydrogens is 452 g/mol. The normalized spacial score (nSPS) is 15.0. The number of rotatable bonds is 4. The van der Waals surface area contributed by atoms with Crippen molar-refractivity contribution in [2.24, 2.45) is 0 Å². The van der Waals surface area contributed by atoms with Crippen LogP contribution in [0.25, 0.3) is 11.3 Å². The Labute approximate surface area is 181 Å². The third-order valence-corrected chi connectivity index (χ3v) is 5.89. The number of para-hydroxylation sites is 1. The fourth-order valence-electron chi connectivity index (χ4n) is 3.64. The molecule has 0 spiro atoms. The van der Waals surface area contributed by atoms with Crippen molar-refractivity contribution >= 4 is 39.3 Å². The molecule has 3 aromatic rings. The van der Waals surface area contributed by atoms with Crippen molar-refractivity contribution in [2.75, 3.05) is 11.2 Å². The lowest BCUT2D eigenvalue weighted by molar-refractivity contribution is -0.763. The summed E-state index contributed by atoms with van der Waals surface area (Å²) in [5.74, 6) is -0.00383. The average Bonchev–Trinajstić information content (AvgIpc) is 2.72. The van der Waals surface area contributed by atoms with Crippen LogP contribution in [0, 0.1) is 0 Å². The number of carbonyl (C=O) groups excluding carboxylic acids is 1. The second kappa shape index (κ2) is 8.12. The summed E-state index contributed by atoms with van der Waals surface area (Å²) >= 11 is 4.88. The van der Waals surface area contributed by atoms with Crippen molar-refractivity contribution in [1.82, 2.24) is 10.1 Å². The molecule has 0 radical (unpaired) electrons. The van der Waals surface area contributed by atoms with E-state index in [1.165, 1.54) is 11.8 Å². The number of carbonyl (C=O) groups is 1. The van der Waals surface area contributed by atoms with E-state index in [1.807, 2.05) is 61.7 Å². The Morgan fingerprint density at radius 1 is 1.28 bits per heavy atom. The van der Waals surface area contributed by atoms with Crippen molar-refractivity contribution < 1.29 is 9.48 Å². The van der Waals surface area contributed by atoms with E-state index in [0.29, 0.717) is 22.8 Å². The van der Waals surface area contributed by atoms with Gasteiger partial charge in [0.05, 0.1) is 11.3 Å². The molecule has 0 aliphatic carbocycles. The van der Waals surface area contributed by atoms with Crippen LogP contribution in [-0.2, 0) is 4.79 Å². The van der Waals surface area contributed by atoms with Crippen molar-refractivity contribution in [3.63, 3.8) is 0 Å². The minimum atomic E-state index is -0.551. The molecule has 2 heterocycles. The van der Waals surface area contributed by atoms with Gasteiger partial charge in [-0.1, -0.05) is 58.9 Å². The zero-order valence-electron chi connectivity index (χ0n) is 16.1. The summed E-state index contributed by atoms with van der Waals surface area (Å²) in [6.45, 7) is 1.98. The highest BCUT2D eigenvalue weighted by molar-refractivity contribution is 9.10. The van der Waals surface area contributed by atoms with Crippen molar-refractivity contribution in [3.8, 4) is 11.3 Å². The summed E-state index contributed by atoms with van der Waals surface area (Å²) in [7, 11) is 0. The van der Waals surface area contributed by atoms with Crippen LogP contribution in [0.1, 0.15) is 31.5 Å². The van der Waals surface area contributed by atoms with Gasteiger partial charge < -0.3 is 0 Å². The first-order valence-electron chi connectivity index (χ1n) is 9.32. The fraction of sp³-hybridized carbons (Fsp3) is 0.238. The number of anilines is 1. The number of thioether (sulfide) groups is 1. The van der Waals surface area contributed by atoms with E-state index < -0.39 is 6.17 Å². The Bertz CT molecular complexity index is 1150. The molecule has 1 aromatic heterocycles. The van der Waals surface area contributed by atoms with Gasteiger partial charge in [-0.25, -0.2) is 4.90 Å². The molecule has 29 heavy (non-hydrogen) atoms. The maximum atomic E-state index is 13.3. The number of benzene rings is 2. The highest BCUT2D eigenvalue weighted by Gasteiger charge is 2.45. The van der Waals surface area contributed by atoms with Gasteiger partial charge in [0, 0.05) is 21.6 Å². The standard InChI is InChI=1S/C21H19BrN4O2S/c1-3-7-17(27)25-16-11-5-4-10-15(16)18-19(28)23-21(29-2)24-26(18)20(25)13-8-6-9-14(22)12-13/h4-6,8-12,20H,3,7H2,1-2H3/p+1/t20-/m0/s1. The van der Waals surface area contributed by atoms with Crippen LogP contribution in [0.5, 0.6) is 0 Å². The predicted molar refractivity (Wildman–Crippen MR) is 117 cm³/mol. The monoisotopic (exact) mass is 471 g/mol. The average molecular weight is 472 g/mol. The quantitative estimate of drug-likeness (QED) is 0.462. The first-order valence-corrected chi connectivity index (χ1v) is 11.3. The number of hydrogen-bond acceptors (Lipinski definition) is 4. The van der Waals surface area contributed by atoms with Crippen molar-refractivity contribution in [2.45, 2.75) is 31.1 Å². The van der Waals surface area contributed by atoms with E-state index in [0.717, 1.165) is 22.1 Å². The minimum Gasteiger partial charge on any atom is -0.291 e. The molecule has 0 saturated heterocycles. The van der Waals surface area contributed by atoms with Gasteiger partial charge in [0.1, 0.15) is 0 Å². The molecule has 2 aromatic carbocycles. The summed E-state index contributed by atoms with van der Waals surface area (Å²) in [5, 5.41) is 5.19. The number of aromatic amines is 1. The third-order valence-electron chi connectivity index (χ3n) is 4.83. The number of nitrogens with zero attached hydrogens (tertiary/aromatic N) is 3. The van der Waals surface area contributed by atoms with Gasteiger partial charge in [-0.15, -0.1) is 0 Å². The molecule has 0 saturated carbocycles. The first-order chi connectivity index (χ1) is 14.0. The smallest absolute Gasteiger partial charge is 0.291 e. The maximum absolute atomic E-state index is 13.3. The summed E-state index contributed by atoms with van der Waals surface area (Å²) < 4.78 is 2.58. The lowest BCUT2D eigenvalue weighted by Gasteiger charge is -2.32. The molecule has 4 rings (SSSR count). The van der Waals surface area contributed by atoms with E-state index >= 15 is 0 Å². The molecule has 6 nitrogen and oxygen atoms in total.